The van der Waals surface area contributed by atoms with Gasteiger partial charge in [0.15, 0.2) is 0 Å². The number of nitrogens with zero attached hydrogens (tertiary/aromatic N) is 2. The molecule has 4 amide bonds. The maximum atomic E-state index is 13.0. The third-order valence-electron chi connectivity index (χ3n) is 4.62. The summed E-state index contributed by atoms with van der Waals surface area (Å²) in [6, 6.07) is 13.3. The molecule has 2 aromatic carbocycles. The van der Waals surface area contributed by atoms with Gasteiger partial charge in [-0.05, 0) is 42.3 Å². The van der Waals surface area contributed by atoms with Crippen molar-refractivity contribution in [2.45, 2.75) is 19.0 Å². The average Bonchev–Trinajstić information content (AvgIpc) is 2.86. The molecule has 0 aliphatic carbocycles. The second kappa shape index (κ2) is 7.04. The SMILES string of the molecule is CN(C)C(=O)c1cccc(CN2C(=O)N[C@@](C)(c3ccc(Cl)cc3)C2=O)c1. The molecule has 1 saturated heterocycles. The van der Waals surface area contributed by atoms with Crippen LogP contribution in [0.5, 0.6) is 0 Å². The molecule has 0 saturated carbocycles. The Morgan fingerprint density at radius 1 is 1.15 bits per heavy atom. The lowest BCUT2D eigenvalue weighted by Crippen LogP contribution is -2.40. The van der Waals surface area contributed by atoms with Crippen LogP contribution in [0.25, 0.3) is 0 Å². The monoisotopic (exact) mass is 385 g/mol. The van der Waals surface area contributed by atoms with E-state index >= 15 is 0 Å². The van der Waals surface area contributed by atoms with Crippen LogP contribution in [0.4, 0.5) is 4.79 Å². The topological polar surface area (TPSA) is 69.7 Å². The van der Waals surface area contributed by atoms with Crippen molar-refractivity contribution in [1.29, 1.82) is 0 Å². The molecule has 6 nitrogen and oxygen atoms in total. The number of nitrogens with one attached hydrogen (secondary N) is 1. The molecule has 1 atom stereocenters. The molecular weight excluding hydrogens is 366 g/mol. The molecule has 0 aromatic heterocycles. The zero-order valence-corrected chi connectivity index (χ0v) is 16.1. The standard InChI is InChI=1S/C20H20ClN3O3/c1-20(15-7-9-16(21)10-8-15)18(26)24(19(27)22-20)12-13-5-4-6-14(11-13)17(25)23(2)3/h4-11H,12H2,1-3H3,(H,22,27)/t20-/m0/s1. The summed E-state index contributed by atoms with van der Waals surface area (Å²) in [4.78, 5) is 40.2. The van der Waals surface area contributed by atoms with E-state index in [2.05, 4.69) is 5.32 Å². The first-order valence-corrected chi connectivity index (χ1v) is 8.81. The fourth-order valence-corrected chi connectivity index (χ4v) is 3.19. The molecule has 1 aliphatic heterocycles. The van der Waals surface area contributed by atoms with Crippen LogP contribution in [0.2, 0.25) is 5.02 Å². The van der Waals surface area contributed by atoms with Gasteiger partial charge in [0.1, 0.15) is 5.54 Å². The maximum Gasteiger partial charge on any atom is 0.325 e. The van der Waals surface area contributed by atoms with Crippen LogP contribution in [0.3, 0.4) is 0 Å². The van der Waals surface area contributed by atoms with Gasteiger partial charge in [0, 0.05) is 24.7 Å². The van der Waals surface area contributed by atoms with Crippen LogP contribution < -0.4 is 5.32 Å². The van der Waals surface area contributed by atoms with Crippen molar-refractivity contribution in [3.63, 3.8) is 0 Å². The number of halogens is 1. The molecular formula is C20H20ClN3O3. The second-order valence-corrected chi connectivity index (χ2v) is 7.29. The highest BCUT2D eigenvalue weighted by atomic mass is 35.5. The molecule has 0 unspecified atom stereocenters. The molecule has 1 heterocycles. The summed E-state index contributed by atoms with van der Waals surface area (Å²) in [6.45, 7) is 1.75. The van der Waals surface area contributed by atoms with Crippen molar-refractivity contribution in [3.8, 4) is 0 Å². The van der Waals surface area contributed by atoms with Gasteiger partial charge in [0.05, 0.1) is 6.54 Å². The fourth-order valence-electron chi connectivity index (χ4n) is 3.06. The predicted molar refractivity (Wildman–Crippen MR) is 102 cm³/mol. The molecule has 0 radical (unpaired) electrons. The zero-order chi connectivity index (χ0) is 19.8. The van der Waals surface area contributed by atoms with Crippen molar-refractivity contribution < 1.29 is 14.4 Å². The van der Waals surface area contributed by atoms with Crippen LogP contribution in [0.1, 0.15) is 28.4 Å². The summed E-state index contributed by atoms with van der Waals surface area (Å²) in [5, 5.41) is 3.31. The van der Waals surface area contributed by atoms with Gasteiger partial charge >= 0.3 is 6.03 Å². The van der Waals surface area contributed by atoms with Gasteiger partial charge in [-0.2, -0.15) is 0 Å². The van der Waals surface area contributed by atoms with Gasteiger partial charge in [-0.3, -0.25) is 14.5 Å². The lowest BCUT2D eigenvalue weighted by molar-refractivity contribution is -0.131. The number of urea groups is 1. The van der Waals surface area contributed by atoms with E-state index in [1.165, 1.54) is 4.90 Å². The van der Waals surface area contributed by atoms with E-state index < -0.39 is 11.6 Å². The van der Waals surface area contributed by atoms with E-state index in [1.807, 2.05) is 0 Å². The van der Waals surface area contributed by atoms with E-state index in [0.29, 0.717) is 21.7 Å². The van der Waals surface area contributed by atoms with E-state index in [9.17, 15) is 14.4 Å². The minimum Gasteiger partial charge on any atom is -0.345 e. The predicted octanol–water partition coefficient (Wildman–Crippen LogP) is 3.01. The van der Waals surface area contributed by atoms with Crippen LogP contribution in [0.15, 0.2) is 48.5 Å². The number of hydrogen-bond acceptors (Lipinski definition) is 3. The number of benzene rings is 2. The molecule has 1 N–H and O–H groups in total. The Hall–Kier alpha value is -2.86. The van der Waals surface area contributed by atoms with Gasteiger partial charge in [0.25, 0.3) is 11.8 Å². The Balaban J connectivity index is 1.85. The van der Waals surface area contributed by atoms with Gasteiger partial charge in [-0.25, -0.2) is 4.79 Å². The molecule has 2 aromatic rings. The van der Waals surface area contributed by atoms with Crippen molar-refractivity contribution in [2.75, 3.05) is 14.1 Å². The summed E-state index contributed by atoms with van der Waals surface area (Å²) in [5.41, 5.74) is 0.708. The summed E-state index contributed by atoms with van der Waals surface area (Å²) < 4.78 is 0. The molecule has 0 bridgehead atoms. The summed E-state index contributed by atoms with van der Waals surface area (Å²) in [6.07, 6.45) is 0. The summed E-state index contributed by atoms with van der Waals surface area (Å²) >= 11 is 5.91. The minimum atomic E-state index is -1.15. The Bertz CT molecular complexity index is 911. The Labute approximate surface area is 162 Å². The summed E-state index contributed by atoms with van der Waals surface area (Å²) in [7, 11) is 3.34. The number of hydrogen-bond donors (Lipinski definition) is 1. The molecule has 0 spiro atoms. The molecule has 7 heteroatoms. The number of imide groups is 1. The van der Waals surface area contributed by atoms with Crippen LogP contribution in [0, 0.1) is 0 Å². The van der Waals surface area contributed by atoms with E-state index in [-0.39, 0.29) is 18.4 Å². The first kappa shape index (κ1) is 18.9. The number of rotatable bonds is 4. The highest BCUT2D eigenvalue weighted by molar-refractivity contribution is 6.30. The van der Waals surface area contributed by atoms with Crippen molar-refractivity contribution >= 4 is 29.4 Å². The first-order chi connectivity index (χ1) is 12.7. The van der Waals surface area contributed by atoms with Crippen molar-refractivity contribution in [3.05, 3.63) is 70.2 Å². The smallest absolute Gasteiger partial charge is 0.325 e. The highest BCUT2D eigenvalue weighted by Gasteiger charge is 2.48. The van der Waals surface area contributed by atoms with Gasteiger partial charge in [-0.1, -0.05) is 35.9 Å². The summed E-state index contributed by atoms with van der Waals surface area (Å²) in [5.74, 6) is -0.487. The molecule has 140 valence electrons. The van der Waals surface area contributed by atoms with Crippen LogP contribution >= 0.6 is 11.6 Å². The normalized spacial score (nSPS) is 19.2. The maximum absolute atomic E-state index is 13.0. The second-order valence-electron chi connectivity index (χ2n) is 6.85. The van der Waals surface area contributed by atoms with Gasteiger partial charge < -0.3 is 10.2 Å². The number of carbonyl (C=O) groups is 3. The quantitative estimate of drug-likeness (QED) is 0.822. The minimum absolute atomic E-state index is 0.0857. The average molecular weight is 386 g/mol. The molecule has 1 aliphatic rings. The van der Waals surface area contributed by atoms with E-state index in [0.717, 1.165) is 4.90 Å². The molecule has 3 rings (SSSR count). The van der Waals surface area contributed by atoms with Crippen LogP contribution in [-0.4, -0.2) is 41.7 Å². The largest absolute Gasteiger partial charge is 0.345 e. The third kappa shape index (κ3) is 3.53. The highest BCUT2D eigenvalue weighted by Crippen LogP contribution is 2.30. The Morgan fingerprint density at radius 2 is 1.81 bits per heavy atom. The molecule has 27 heavy (non-hydrogen) atoms. The number of amides is 4. The zero-order valence-electron chi connectivity index (χ0n) is 15.3. The van der Waals surface area contributed by atoms with E-state index in [1.54, 1.807) is 69.6 Å². The van der Waals surface area contributed by atoms with Crippen molar-refractivity contribution in [1.82, 2.24) is 15.1 Å². The lowest BCUT2D eigenvalue weighted by atomic mass is 9.92. The fraction of sp³-hybridized carbons (Fsp3) is 0.250. The Morgan fingerprint density at radius 3 is 2.44 bits per heavy atom. The lowest BCUT2D eigenvalue weighted by Gasteiger charge is -2.22. The van der Waals surface area contributed by atoms with Crippen LogP contribution in [-0.2, 0) is 16.9 Å². The Kier molecular flexibility index (Phi) is 4.93. The van der Waals surface area contributed by atoms with Gasteiger partial charge in [0.2, 0.25) is 0 Å². The third-order valence-corrected chi connectivity index (χ3v) is 4.87. The number of carbonyl (C=O) groups excluding carboxylic acids is 3. The van der Waals surface area contributed by atoms with E-state index in [4.69, 9.17) is 11.6 Å². The van der Waals surface area contributed by atoms with Gasteiger partial charge in [-0.15, -0.1) is 0 Å². The first-order valence-electron chi connectivity index (χ1n) is 8.43. The molecule has 1 fully saturated rings. The van der Waals surface area contributed by atoms with Crippen molar-refractivity contribution in [2.24, 2.45) is 0 Å².